The molecule has 1 unspecified atom stereocenters. The zero-order valence-corrected chi connectivity index (χ0v) is 17.5. The average Bonchev–Trinajstić information content (AvgIpc) is 3.13. The topological polar surface area (TPSA) is 0 Å². The van der Waals surface area contributed by atoms with Crippen LogP contribution in [0.4, 0.5) is 0 Å². The van der Waals surface area contributed by atoms with E-state index in [1.807, 2.05) is 0 Å². The van der Waals surface area contributed by atoms with E-state index in [0.29, 0.717) is 5.92 Å². The van der Waals surface area contributed by atoms with Crippen LogP contribution in [0.2, 0.25) is 13.1 Å². The van der Waals surface area contributed by atoms with E-state index in [1.54, 1.807) is 27.1 Å². The lowest BCUT2D eigenvalue weighted by molar-refractivity contribution is 1.05. The van der Waals surface area contributed by atoms with E-state index in [-0.39, 0.29) is 0 Å². The fourth-order valence-corrected chi connectivity index (χ4v) is 10.0. The van der Waals surface area contributed by atoms with E-state index in [1.165, 1.54) is 39.8 Å². The summed E-state index contributed by atoms with van der Waals surface area (Å²) in [4.78, 5) is 0. The van der Waals surface area contributed by atoms with Crippen molar-refractivity contribution in [3.63, 3.8) is 0 Å². The Hall–Kier alpha value is -2.38. The van der Waals surface area contributed by atoms with Crippen molar-refractivity contribution < 1.29 is 0 Å². The van der Waals surface area contributed by atoms with Gasteiger partial charge in [0.25, 0.3) is 0 Å². The Kier molecular flexibility index (Phi) is 2.84. The van der Waals surface area contributed by atoms with Crippen molar-refractivity contribution >= 4 is 24.0 Å². The molecule has 2 aromatic carbocycles. The Morgan fingerprint density at radius 2 is 1.81 bits per heavy atom. The summed E-state index contributed by atoms with van der Waals surface area (Å²) in [5.74, 6) is 0.419. The van der Waals surface area contributed by atoms with Gasteiger partial charge in [0.15, 0.2) is 0 Å². The zero-order chi connectivity index (χ0) is 18.5. The van der Waals surface area contributed by atoms with Crippen LogP contribution in [0.1, 0.15) is 46.2 Å². The lowest BCUT2D eigenvalue weighted by Crippen LogP contribution is -2.56. The third kappa shape index (κ3) is 1.79. The molecule has 0 saturated heterocycles. The summed E-state index contributed by atoms with van der Waals surface area (Å²) in [6.45, 7) is 9.68. The molecule has 0 fully saturated rings. The highest BCUT2D eigenvalue weighted by atomic mass is 28.3. The van der Waals surface area contributed by atoms with Crippen LogP contribution in [0.5, 0.6) is 0 Å². The van der Waals surface area contributed by atoms with E-state index >= 15 is 0 Å². The molecule has 6 rings (SSSR count). The molecule has 1 heterocycles. The monoisotopic (exact) mass is 364 g/mol. The Labute approximate surface area is 162 Å². The molecule has 27 heavy (non-hydrogen) atoms. The summed E-state index contributed by atoms with van der Waals surface area (Å²) < 4.78 is 0. The lowest BCUT2D eigenvalue weighted by Gasteiger charge is -2.42. The van der Waals surface area contributed by atoms with Gasteiger partial charge in [-0.3, -0.25) is 0 Å². The molecule has 0 nitrogen and oxygen atoms in total. The average molecular weight is 365 g/mol. The summed E-state index contributed by atoms with van der Waals surface area (Å²) in [6, 6.07) is 11.9. The van der Waals surface area contributed by atoms with Crippen molar-refractivity contribution in [2.24, 2.45) is 0 Å². The van der Waals surface area contributed by atoms with Gasteiger partial charge in [-0.25, -0.2) is 0 Å². The minimum atomic E-state index is -1.51. The molecule has 0 N–H and O–H groups in total. The van der Waals surface area contributed by atoms with Gasteiger partial charge in [0.1, 0.15) is 8.07 Å². The molecule has 0 saturated carbocycles. The van der Waals surface area contributed by atoms with Gasteiger partial charge in [-0.05, 0) is 69.6 Å². The SMILES string of the molecule is CC1=C2c3c(ccc(C4=C5C=CC=CC5c5ccc(C)cc54)c3[Si]2(C)C)C1. The van der Waals surface area contributed by atoms with Gasteiger partial charge in [-0.2, -0.15) is 0 Å². The van der Waals surface area contributed by atoms with Crippen LogP contribution in [-0.2, 0) is 6.42 Å². The number of benzene rings is 2. The normalized spacial score (nSPS) is 22.7. The lowest BCUT2D eigenvalue weighted by atomic mass is 9.91. The molecule has 0 bridgehead atoms. The van der Waals surface area contributed by atoms with E-state index in [0.717, 1.165) is 0 Å². The zero-order valence-electron chi connectivity index (χ0n) is 16.5. The van der Waals surface area contributed by atoms with Gasteiger partial charge in [0.05, 0.1) is 0 Å². The molecule has 0 radical (unpaired) electrons. The van der Waals surface area contributed by atoms with Crippen LogP contribution >= 0.6 is 0 Å². The minimum absolute atomic E-state index is 0.419. The van der Waals surface area contributed by atoms with Crippen molar-refractivity contribution in [1.29, 1.82) is 0 Å². The van der Waals surface area contributed by atoms with Crippen LogP contribution < -0.4 is 5.19 Å². The second-order valence-corrected chi connectivity index (χ2v) is 13.4. The third-order valence-electron chi connectivity index (χ3n) is 7.07. The molecule has 132 valence electrons. The Bertz CT molecular complexity index is 1180. The maximum absolute atomic E-state index is 2.55. The molecule has 3 aliphatic carbocycles. The Morgan fingerprint density at radius 3 is 2.67 bits per heavy atom. The van der Waals surface area contributed by atoms with Crippen molar-refractivity contribution in [3.8, 4) is 0 Å². The van der Waals surface area contributed by atoms with Gasteiger partial charge < -0.3 is 0 Å². The maximum Gasteiger partial charge on any atom is 0.114 e. The predicted molar refractivity (Wildman–Crippen MR) is 118 cm³/mol. The Balaban J connectivity index is 1.69. The molecule has 0 spiro atoms. The van der Waals surface area contributed by atoms with Gasteiger partial charge in [-0.15, -0.1) is 0 Å². The summed E-state index contributed by atoms with van der Waals surface area (Å²) in [7, 11) is -1.51. The van der Waals surface area contributed by atoms with Gasteiger partial charge in [0, 0.05) is 5.92 Å². The van der Waals surface area contributed by atoms with Crippen LogP contribution in [-0.4, -0.2) is 8.07 Å². The summed E-state index contributed by atoms with van der Waals surface area (Å²) in [6.07, 6.45) is 10.3. The third-order valence-corrected chi connectivity index (χ3v) is 10.8. The maximum atomic E-state index is 2.55. The molecular formula is C26H24Si. The summed E-state index contributed by atoms with van der Waals surface area (Å²) in [5.41, 5.74) is 13.6. The van der Waals surface area contributed by atoms with Crippen LogP contribution in [0, 0.1) is 6.92 Å². The fraction of sp³-hybridized carbons (Fsp3) is 0.231. The first-order valence-electron chi connectivity index (χ1n) is 10.1. The molecular weight excluding hydrogens is 340 g/mol. The second-order valence-electron chi connectivity index (χ2n) is 9.12. The molecule has 0 aromatic heterocycles. The smallest absolute Gasteiger partial charge is 0.0726 e. The number of allylic oxidation sites excluding steroid dienone is 6. The van der Waals surface area contributed by atoms with Gasteiger partial charge >= 0.3 is 0 Å². The number of aryl methyl sites for hydroxylation is 1. The Morgan fingerprint density at radius 1 is 0.963 bits per heavy atom. The van der Waals surface area contributed by atoms with Crippen molar-refractivity contribution in [1.82, 2.24) is 0 Å². The van der Waals surface area contributed by atoms with Gasteiger partial charge in [-0.1, -0.05) is 78.9 Å². The van der Waals surface area contributed by atoms with Gasteiger partial charge in [0.2, 0.25) is 0 Å². The molecule has 4 aliphatic rings. The highest BCUT2D eigenvalue weighted by Crippen LogP contribution is 2.52. The molecule has 2 aromatic rings. The highest BCUT2D eigenvalue weighted by molar-refractivity contribution is 7.11. The van der Waals surface area contributed by atoms with E-state index in [9.17, 15) is 0 Å². The van der Waals surface area contributed by atoms with E-state index in [2.05, 4.69) is 81.6 Å². The van der Waals surface area contributed by atoms with Crippen molar-refractivity contribution in [2.75, 3.05) is 0 Å². The number of rotatable bonds is 1. The predicted octanol–water partition coefficient (Wildman–Crippen LogP) is 5.82. The van der Waals surface area contributed by atoms with Crippen LogP contribution in [0.25, 0.3) is 10.8 Å². The highest BCUT2D eigenvalue weighted by Gasteiger charge is 2.49. The van der Waals surface area contributed by atoms with Crippen LogP contribution in [0.15, 0.2) is 65.8 Å². The van der Waals surface area contributed by atoms with Crippen molar-refractivity contribution in [2.45, 2.75) is 39.3 Å². The minimum Gasteiger partial charge on any atom is -0.0726 e. The summed E-state index contributed by atoms with van der Waals surface area (Å²) in [5, 5.41) is 3.46. The fourth-order valence-electron chi connectivity index (χ4n) is 6.10. The number of hydrogen-bond donors (Lipinski definition) is 0. The standard InChI is InChI=1S/C26H24Si/c1-15-9-11-19-18-7-5-6-8-20(18)24(22(19)13-15)21-12-10-17-14-16(2)25-23(17)26(21)27(25,3)4/h5-13,18H,14H2,1-4H3. The first-order valence-corrected chi connectivity index (χ1v) is 13.1. The molecule has 1 atom stereocenters. The second kappa shape index (κ2) is 4.91. The van der Waals surface area contributed by atoms with Crippen LogP contribution in [0.3, 0.4) is 0 Å². The number of fused-ring (bicyclic) bond motifs is 3. The van der Waals surface area contributed by atoms with E-state index in [4.69, 9.17) is 0 Å². The summed E-state index contributed by atoms with van der Waals surface area (Å²) >= 11 is 0. The molecule has 1 aliphatic heterocycles. The quantitative estimate of drug-likeness (QED) is 0.560. The molecule has 0 amide bonds. The largest absolute Gasteiger partial charge is 0.114 e. The number of hydrogen-bond acceptors (Lipinski definition) is 0. The van der Waals surface area contributed by atoms with E-state index < -0.39 is 8.07 Å². The molecule has 1 heteroatoms. The first kappa shape index (κ1) is 15.7. The first-order chi connectivity index (χ1) is 13.0. The van der Waals surface area contributed by atoms with Crippen molar-refractivity contribution in [3.05, 3.63) is 99.2 Å².